The molecule has 1 aliphatic heterocycles. The first-order valence-corrected chi connectivity index (χ1v) is 8.87. The first-order chi connectivity index (χ1) is 10.6. The molecule has 130 valence electrons. The lowest BCUT2D eigenvalue weighted by molar-refractivity contribution is -0.137. The van der Waals surface area contributed by atoms with E-state index >= 15 is 0 Å². The largest absolute Gasteiger partial charge is 0.416 e. The number of sulfonamides is 1. The summed E-state index contributed by atoms with van der Waals surface area (Å²) in [7, 11) is -2.62. The molecule has 0 aliphatic carbocycles. The summed E-state index contributed by atoms with van der Waals surface area (Å²) in [6.45, 7) is 2.54. The maximum Gasteiger partial charge on any atom is 0.416 e. The molecule has 1 heterocycles. The zero-order valence-corrected chi connectivity index (χ0v) is 13.9. The Hall–Kier alpha value is -1.12. The molecule has 0 aromatic heterocycles. The predicted molar refractivity (Wildman–Crippen MR) is 79.6 cm³/mol. The molecule has 8 heteroatoms. The monoisotopic (exact) mass is 351 g/mol. The average molecular weight is 351 g/mol. The van der Waals surface area contributed by atoms with Crippen LogP contribution in [0.3, 0.4) is 0 Å². The van der Waals surface area contributed by atoms with E-state index < -0.39 is 21.8 Å². The maximum absolute atomic E-state index is 13.1. The van der Waals surface area contributed by atoms with Gasteiger partial charge in [0.2, 0.25) is 10.0 Å². The van der Waals surface area contributed by atoms with E-state index in [1.54, 1.807) is 0 Å². The first kappa shape index (κ1) is 18.2. The highest BCUT2D eigenvalue weighted by Gasteiger charge is 2.34. The summed E-state index contributed by atoms with van der Waals surface area (Å²) in [5, 5.41) is 0. The van der Waals surface area contributed by atoms with Crippen LogP contribution in [0, 0.1) is 0 Å². The van der Waals surface area contributed by atoms with E-state index in [2.05, 4.69) is 0 Å². The molecule has 0 saturated carbocycles. The Labute approximate surface area is 134 Å². The number of hydrogen-bond acceptors (Lipinski definition) is 3. The molecule has 1 fully saturated rings. The van der Waals surface area contributed by atoms with Gasteiger partial charge in [-0.15, -0.1) is 0 Å². The fourth-order valence-electron chi connectivity index (χ4n) is 2.24. The van der Waals surface area contributed by atoms with Crippen molar-refractivity contribution < 1.29 is 26.3 Å². The molecule has 0 unspecified atom stereocenters. The Bertz CT molecular complexity index is 654. The molecule has 1 atom stereocenters. The highest BCUT2D eigenvalue weighted by atomic mass is 32.2. The number of epoxide rings is 1. The lowest BCUT2D eigenvalue weighted by atomic mass is 10.1. The van der Waals surface area contributed by atoms with Crippen molar-refractivity contribution in [2.24, 2.45) is 0 Å². The van der Waals surface area contributed by atoms with Crippen LogP contribution in [0.15, 0.2) is 23.1 Å². The van der Waals surface area contributed by atoms with Gasteiger partial charge < -0.3 is 4.74 Å². The third-order valence-electron chi connectivity index (χ3n) is 3.68. The van der Waals surface area contributed by atoms with Crippen molar-refractivity contribution in [1.82, 2.24) is 4.31 Å². The van der Waals surface area contributed by atoms with E-state index in [0.29, 0.717) is 31.1 Å². The third kappa shape index (κ3) is 4.68. The predicted octanol–water partition coefficient (Wildman–Crippen LogP) is 3.07. The summed E-state index contributed by atoms with van der Waals surface area (Å²) in [5.74, 6) is 0. The van der Waals surface area contributed by atoms with Gasteiger partial charge in [0.05, 0.1) is 23.2 Å². The van der Waals surface area contributed by atoms with E-state index in [9.17, 15) is 21.6 Å². The molecule has 1 aromatic carbocycles. The summed E-state index contributed by atoms with van der Waals surface area (Å²) in [5.41, 5.74) is -0.544. The number of unbranched alkanes of at least 4 members (excludes halogenated alkanes) is 1. The minimum absolute atomic E-state index is 0.142. The topological polar surface area (TPSA) is 49.9 Å². The Morgan fingerprint density at radius 3 is 2.48 bits per heavy atom. The molecular weight excluding hydrogens is 331 g/mol. The molecule has 1 aliphatic rings. The number of ether oxygens (including phenoxy) is 1. The van der Waals surface area contributed by atoms with Gasteiger partial charge in [-0.25, -0.2) is 8.42 Å². The van der Waals surface area contributed by atoms with Gasteiger partial charge >= 0.3 is 6.18 Å². The van der Waals surface area contributed by atoms with E-state index in [-0.39, 0.29) is 17.5 Å². The van der Waals surface area contributed by atoms with Crippen LogP contribution in [0.4, 0.5) is 13.2 Å². The standard InChI is InChI=1S/C15H20F3NO3S/c1-3-4-5-11-6-12(15(16,17)18)8-14(7-11)23(20,21)19(2)9-13-10-22-13/h6-8,13H,3-5,9-10H2,1-2H3/t13-/m0/s1. The second kappa shape index (κ2) is 6.78. The number of halogens is 3. The van der Waals surface area contributed by atoms with Gasteiger partial charge in [-0.05, 0) is 36.6 Å². The van der Waals surface area contributed by atoms with Crippen LogP contribution in [0.25, 0.3) is 0 Å². The fraction of sp³-hybridized carbons (Fsp3) is 0.600. The summed E-state index contributed by atoms with van der Waals surface area (Å²) < 4.78 is 70.2. The number of rotatable bonds is 7. The zero-order chi connectivity index (χ0) is 17.3. The Morgan fingerprint density at radius 1 is 1.30 bits per heavy atom. The molecule has 2 rings (SSSR count). The van der Waals surface area contributed by atoms with E-state index in [0.717, 1.165) is 16.8 Å². The van der Waals surface area contributed by atoms with Crippen molar-refractivity contribution in [2.45, 2.75) is 43.4 Å². The molecule has 1 aromatic rings. The number of benzene rings is 1. The van der Waals surface area contributed by atoms with Gasteiger partial charge in [-0.1, -0.05) is 13.3 Å². The minimum Gasteiger partial charge on any atom is -0.372 e. The van der Waals surface area contributed by atoms with Crippen molar-refractivity contribution in [2.75, 3.05) is 20.2 Å². The first-order valence-electron chi connectivity index (χ1n) is 7.43. The van der Waals surface area contributed by atoms with Crippen molar-refractivity contribution >= 4 is 10.0 Å². The highest BCUT2D eigenvalue weighted by Crippen LogP contribution is 2.33. The lowest BCUT2D eigenvalue weighted by Gasteiger charge is -2.18. The van der Waals surface area contributed by atoms with Crippen LogP contribution in [0.5, 0.6) is 0 Å². The summed E-state index contributed by atoms with van der Waals surface area (Å²) in [6, 6.07) is 3.07. The minimum atomic E-state index is -4.58. The molecule has 0 radical (unpaired) electrons. The fourth-order valence-corrected chi connectivity index (χ4v) is 3.54. The van der Waals surface area contributed by atoms with Gasteiger partial charge in [0.25, 0.3) is 0 Å². The second-order valence-electron chi connectivity index (χ2n) is 5.71. The molecule has 23 heavy (non-hydrogen) atoms. The van der Waals surface area contributed by atoms with Gasteiger partial charge in [0.15, 0.2) is 0 Å². The summed E-state index contributed by atoms with van der Waals surface area (Å²) >= 11 is 0. The van der Waals surface area contributed by atoms with Crippen LogP contribution in [-0.4, -0.2) is 39.0 Å². The van der Waals surface area contributed by atoms with Gasteiger partial charge in [0, 0.05) is 13.6 Å². The molecular formula is C15H20F3NO3S. The maximum atomic E-state index is 13.1. The normalized spacial score (nSPS) is 18.4. The molecule has 0 amide bonds. The van der Waals surface area contributed by atoms with Crippen molar-refractivity contribution in [1.29, 1.82) is 0 Å². The van der Waals surface area contributed by atoms with Gasteiger partial charge in [-0.2, -0.15) is 17.5 Å². The average Bonchev–Trinajstić information content (AvgIpc) is 3.27. The number of likely N-dealkylation sites (N-methyl/N-ethyl adjacent to an activating group) is 1. The summed E-state index contributed by atoms with van der Waals surface area (Å²) in [6.07, 6.45) is -2.81. The number of hydrogen-bond donors (Lipinski definition) is 0. The molecule has 1 saturated heterocycles. The molecule has 4 nitrogen and oxygen atoms in total. The Balaban J connectivity index is 2.38. The van der Waals surface area contributed by atoms with E-state index in [4.69, 9.17) is 4.74 Å². The summed E-state index contributed by atoms with van der Waals surface area (Å²) in [4.78, 5) is -0.318. The van der Waals surface area contributed by atoms with Crippen LogP contribution in [-0.2, 0) is 27.4 Å². The van der Waals surface area contributed by atoms with Crippen molar-refractivity contribution in [3.8, 4) is 0 Å². The molecule has 0 bridgehead atoms. The van der Waals surface area contributed by atoms with Gasteiger partial charge in [0.1, 0.15) is 0 Å². The number of alkyl halides is 3. The molecule has 0 spiro atoms. The SMILES string of the molecule is CCCCc1cc(C(F)(F)F)cc(S(=O)(=O)N(C)C[C@H]2CO2)c1. The highest BCUT2D eigenvalue weighted by molar-refractivity contribution is 7.89. The van der Waals surface area contributed by atoms with Crippen LogP contribution >= 0.6 is 0 Å². The quantitative estimate of drug-likeness (QED) is 0.710. The van der Waals surface area contributed by atoms with Crippen molar-refractivity contribution in [3.05, 3.63) is 29.3 Å². The third-order valence-corrected chi connectivity index (χ3v) is 5.49. The van der Waals surface area contributed by atoms with Crippen LogP contribution < -0.4 is 0 Å². The van der Waals surface area contributed by atoms with Gasteiger partial charge in [-0.3, -0.25) is 0 Å². The van der Waals surface area contributed by atoms with Crippen molar-refractivity contribution in [3.63, 3.8) is 0 Å². The number of nitrogens with zero attached hydrogens (tertiary/aromatic N) is 1. The van der Waals surface area contributed by atoms with Crippen LogP contribution in [0.2, 0.25) is 0 Å². The zero-order valence-electron chi connectivity index (χ0n) is 13.1. The Kier molecular flexibility index (Phi) is 5.37. The lowest BCUT2D eigenvalue weighted by Crippen LogP contribution is -2.30. The van der Waals surface area contributed by atoms with E-state index in [1.807, 2.05) is 6.92 Å². The Morgan fingerprint density at radius 2 is 1.96 bits per heavy atom. The smallest absolute Gasteiger partial charge is 0.372 e. The number of aryl methyl sites for hydroxylation is 1. The van der Waals surface area contributed by atoms with E-state index in [1.165, 1.54) is 13.1 Å². The molecule has 0 N–H and O–H groups in total. The van der Waals surface area contributed by atoms with Crippen LogP contribution in [0.1, 0.15) is 30.9 Å². The second-order valence-corrected chi connectivity index (χ2v) is 7.75.